The Labute approximate surface area is 170 Å². The molecule has 2 aromatic rings. The minimum Gasteiger partial charge on any atom is -0.367 e. The number of allylic oxidation sites excluding steroid dienone is 1. The summed E-state index contributed by atoms with van der Waals surface area (Å²) in [6, 6.07) is 19.4. The highest BCUT2D eigenvalue weighted by Gasteiger charge is 2.48. The van der Waals surface area contributed by atoms with E-state index in [9.17, 15) is 5.26 Å². The van der Waals surface area contributed by atoms with Gasteiger partial charge < -0.3 is 5.32 Å². The van der Waals surface area contributed by atoms with Crippen LogP contribution in [0.15, 0.2) is 56.6 Å². The highest BCUT2D eigenvalue weighted by Crippen LogP contribution is 2.55. The molecule has 0 unspecified atom stereocenters. The van der Waals surface area contributed by atoms with E-state index in [0.717, 1.165) is 35.8 Å². The van der Waals surface area contributed by atoms with E-state index in [2.05, 4.69) is 80.2 Å². The van der Waals surface area contributed by atoms with Crippen molar-refractivity contribution in [3.63, 3.8) is 0 Å². The van der Waals surface area contributed by atoms with Gasteiger partial charge in [0.25, 0.3) is 0 Å². The Balaban J connectivity index is 1.60. The number of hydrogen-bond donors (Lipinski definition) is 1. The number of benzene rings is 2. The van der Waals surface area contributed by atoms with E-state index in [1.165, 1.54) is 14.7 Å². The lowest BCUT2D eigenvalue weighted by molar-refractivity contribution is 0.296. The maximum Gasteiger partial charge on any atom is 0.125 e. The second-order valence-corrected chi connectivity index (χ2v) is 9.07. The molecule has 4 rings (SSSR count). The fraction of sp³-hybridized carbons (Fsp3) is 0.286. The van der Waals surface area contributed by atoms with Crippen LogP contribution in [0.2, 0.25) is 0 Å². The molecule has 2 nitrogen and oxygen atoms in total. The fourth-order valence-corrected chi connectivity index (χ4v) is 5.75. The van der Waals surface area contributed by atoms with Crippen molar-refractivity contribution < 1.29 is 0 Å². The Morgan fingerprint density at radius 3 is 2.52 bits per heavy atom. The topological polar surface area (TPSA) is 35.8 Å². The van der Waals surface area contributed by atoms with Crippen LogP contribution < -0.4 is 5.32 Å². The number of anilines is 1. The van der Waals surface area contributed by atoms with Gasteiger partial charge in [-0.3, -0.25) is 0 Å². The number of halogens is 2. The van der Waals surface area contributed by atoms with Gasteiger partial charge in [0.1, 0.15) is 5.54 Å². The lowest BCUT2D eigenvalue weighted by Gasteiger charge is -2.43. The number of hydrogen-bond acceptors (Lipinski definition) is 2. The fourth-order valence-electron chi connectivity index (χ4n) is 4.18. The van der Waals surface area contributed by atoms with Crippen LogP contribution >= 0.6 is 38.5 Å². The molecule has 2 aliphatic rings. The molecule has 2 aliphatic carbocycles. The first-order chi connectivity index (χ1) is 12.1. The van der Waals surface area contributed by atoms with Crippen LogP contribution in [0.1, 0.15) is 36.8 Å². The van der Waals surface area contributed by atoms with Crippen LogP contribution in [0.3, 0.4) is 0 Å². The molecule has 0 aliphatic heterocycles. The molecule has 0 radical (unpaired) electrons. The molecule has 1 spiro atoms. The van der Waals surface area contributed by atoms with Crippen molar-refractivity contribution in [2.75, 3.05) is 5.32 Å². The zero-order valence-electron chi connectivity index (χ0n) is 13.7. The van der Waals surface area contributed by atoms with Crippen molar-refractivity contribution in [1.82, 2.24) is 0 Å². The van der Waals surface area contributed by atoms with Crippen molar-refractivity contribution in [1.29, 1.82) is 5.26 Å². The van der Waals surface area contributed by atoms with E-state index in [-0.39, 0.29) is 5.41 Å². The number of nitrogens with zero attached hydrogens (tertiary/aromatic N) is 1. The molecular formula is C21H18BrIN2. The quantitative estimate of drug-likeness (QED) is 0.478. The molecule has 1 saturated carbocycles. The monoisotopic (exact) mass is 504 g/mol. The van der Waals surface area contributed by atoms with E-state index in [0.29, 0.717) is 0 Å². The van der Waals surface area contributed by atoms with Gasteiger partial charge in [0, 0.05) is 19.2 Å². The molecule has 0 bridgehead atoms. The predicted octanol–water partition coefficient (Wildman–Crippen LogP) is 6.42. The SMILES string of the molecule is N#CC1(Nc2cccc(Br)c2)CCC2(CC1)C(I)=Cc1ccccc12. The maximum atomic E-state index is 9.92. The van der Waals surface area contributed by atoms with Gasteiger partial charge in [-0.05, 0) is 83.7 Å². The van der Waals surface area contributed by atoms with Crippen LogP contribution in [-0.2, 0) is 5.41 Å². The Morgan fingerprint density at radius 1 is 1.04 bits per heavy atom. The first kappa shape index (κ1) is 17.1. The molecule has 0 saturated heterocycles. The van der Waals surface area contributed by atoms with Crippen molar-refractivity contribution in [3.8, 4) is 6.07 Å². The molecule has 0 aromatic heterocycles. The Bertz CT molecular complexity index is 889. The third-order valence-corrected chi connectivity index (χ3v) is 7.43. The summed E-state index contributed by atoms with van der Waals surface area (Å²) in [5, 5.41) is 13.4. The molecule has 4 heteroatoms. The molecule has 0 amide bonds. The number of nitriles is 1. The van der Waals surface area contributed by atoms with Gasteiger partial charge in [0.2, 0.25) is 0 Å². The van der Waals surface area contributed by atoms with Gasteiger partial charge in [0.15, 0.2) is 0 Å². The summed E-state index contributed by atoms with van der Waals surface area (Å²) in [5.41, 5.74) is 3.41. The van der Waals surface area contributed by atoms with Gasteiger partial charge in [0.05, 0.1) is 6.07 Å². The normalized spacial score (nSPS) is 27.5. The molecule has 25 heavy (non-hydrogen) atoms. The molecule has 1 N–H and O–H groups in total. The zero-order chi connectivity index (χ0) is 17.5. The molecule has 0 atom stereocenters. The smallest absolute Gasteiger partial charge is 0.125 e. The first-order valence-corrected chi connectivity index (χ1v) is 10.4. The Hall–Kier alpha value is -1.32. The van der Waals surface area contributed by atoms with Gasteiger partial charge in [-0.25, -0.2) is 0 Å². The summed E-state index contributed by atoms with van der Waals surface area (Å²) in [6.45, 7) is 0. The lowest BCUT2D eigenvalue weighted by atomic mass is 9.65. The average Bonchev–Trinajstić information content (AvgIpc) is 2.89. The summed E-state index contributed by atoms with van der Waals surface area (Å²) in [5.74, 6) is 0. The predicted molar refractivity (Wildman–Crippen MR) is 115 cm³/mol. The molecular weight excluding hydrogens is 487 g/mol. The Kier molecular flexibility index (Phi) is 4.41. The molecule has 1 fully saturated rings. The minimum atomic E-state index is -0.486. The standard InChI is InChI=1S/C21H18BrIN2/c22-16-5-3-6-17(13-16)25-20(14-24)8-10-21(11-9-20)18-7-2-1-4-15(18)12-19(21)23/h1-7,12-13,25H,8-11H2. The Morgan fingerprint density at radius 2 is 1.80 bits per heavy atom. The van der Waals surface area contributed by atoms with Crippen LogP contribution in [-0.4, -0.2) is 5.54 Å². The summed E-state index contributed by atoms with van der Waals surface area (Å²) in [7, 11) is 0. The van der Waals surface area contributed by atoms with Crippen LogP contribution in [0, 0.1) is 11.3 Å². The average molecular weight is 505 g/mol. The summed E-state index contributed by atoms with van der Waals surface area (Å²) in [4.78, 5) is 0. The van der Waals surface area contributed by atoms with E-state index in [1.54, 1.807) is 0 Å². The van der Waals surface area contributed by atoms with Gasteiger partial charge in [-0.15, -0.1) is 0 Å². The summed E-state index contributed by atoms with van der Waals surface area (Å²) >= 11 is 6.01. The third kappa shape index (κ3) is 2.92. The van der Waals surface area contributed by atoms with Gasteiger partial charge in [-0.1, -0.05) is 46.3 Å². The second kappa shape index (κ2) is 6.44. The molecule has 2 aromatic carbocycles. The number of rotatable bonds is 2. The van der Waals surface area contributed by atoms with Crippen molar-refractivity contribution in [2.45, 2.75) is 36.6 Å². The first-order valence-electron chi connectivity index (χ1n) is 8.49. The van der Waals surface area contributed by atoms with Crippen LogP contribution in [0.4, 0.5) is 5.69 Å². The van der Waals surface area contributed by atoms with Crippen molar-refractivity contribution >= 4 is 50.3 Å². The van der Waals surface area contributed by atoms with Gasteiger partial charge >= 0.3 is 0 Å². The summed E-state index contributed by atoms with van der Waals surface area (Å²) < 4.78 is 2.44. The zero-order valence-corrected chi connectivity index (χ0v) is 17.5. The second-order valence-electron chi connectivity index (χ2n) is 6.99. The van der Waals surface area contributed by atoms with Gasteiger partial charge in [-0.2, -0.15) is 5.26 Å². The molecule has 0 heterocycles. The van der Waals surface area contributed by atoms with E-state index in [1.807, 2.05) is 24.3 Å². The maximum absolute atomic E-state index is 9.92. The van der Waals surface area contributed by atoms with E-state index in [4.69, 9.17) is 0 Å². The molecule has 126 valence electrons. The highest BCUT2D eigenvalue weighted by molar-refractivity contribution is 14.1. The largest absolute Gasteiger partial charge is 0.367 e. The number of nitrogens with one attached hydrogen (secondary N) is 1. The van der Waals surface area contributed by atoms with Crippen molar-refractivity contribution in [3.05, 3.63) is 67.7 Å². The van der Waals surface area contributed by atoms with E-state index < -0.39 is 5.54 Å². The van der Waals surface area contributed by atoms with Crippen LogP contribution in [0.5, 0.6) is 0 Å². The van der Waals surface area contributed by atoms with Crippen molar-refractivity contribution in [2.24, 2.45) is 0 Å². The van der Waals surface area contributed by atoms with Crippen LogP contribution in [0.25, 0.3) is 6.08 Å². The minimum absolute atomic E-state index is 0.108. The highest BCUT2D eigenvalue weighted by atomic mass is 127. The summed E-state index contributed by atoms with van der Waals surface area (Å²) in [6.07, 6.45) is 6.03. The third-order valence-electron chi connectivity index (χ3n) is 5.60. The lowest BCUT2D eigenvalue weighted by Crippen LogP contribution is -2.45. The van der Waals surface area contributed by atoms with E-state index >= 15 is 0 Å². The number of fused-ring (bicyclic) bond motifs is 2.